The number of hydrogen-bond acceptors (Lipinski definition) is 7. The number of ether oxygens (including phenoxy) is 2. The fourth-order valence-corrected chi connectivity index (χ4v) is 6.61. The molecule has 0 radical (unpaired) electrons. The minimum Gasteiger partial charge on any atom is -0.457 e. The third-order valence-electron chi connectivity index (χ3n) is 7.82. The summed E-state index contributed by atoms with van der Waals surface area (Å²) in [7, 11) is 1.71. The van der Waals surface area contributed by atoms with Crippen LogP contribution in [0.5, 0.6) is 11.5 Å². The molecule has 3 aromatic rings. The van der Waals surface area contributed by atoms with Gasteiger partial charge in [-0.2, -0.15) is 0 Å². The summed E-state index contributed by atoms with van der Waals surface area (Å²) < 4.78 is 29.6. The Morgan fingerprint density at radius 2 is 1.67 bits per heavy atom. The molecule has 0 saturated carbocycles. The molecule has 0 bridgehead atoms. The molecule has 9 heteroatoms. The van der Waals surface area contributed by atoms with Crippen LogP contribution in [0.3, 0.4) is 0 Å². The van der Waals surface area contributed by atoms with Gasteiger partial charge in [0.25, 0.3) is 0 Å². The lowest BCUT2D eigenvalue weighted by Gasteiger charge is -2.41. The van der Waals surface area contributed by atoms with Gasteiger partial charge < -0.3 is 20.5 Å². The van der Waals surface area contributed by atoms with Crippen LogP contribution in [0.4, 0.5) is 10.2 Å². The molecule has 226 valence electrons. The van der Waals surface area contributed by atoms with Gasteiger partial charge in [-0.15, -0.1) is 9.60 Å². The van der Waals surface area contributed by atoms with Crippen LogP contribution in [0, 0.1) is 5.92 Å². The Morgan fingerprint density at radius 1 is 1.02 bits per heavy atom. The number of nitrogens with zero attached hydrogens (tertiary/aromatic N) is 1. The van der Waals surface area contributed by atoms with E-state index in [1.165, 1.54) is 11.9 Å². The molecule has 4 N–H and O–H groups in total. The van der Waals surface area contributed by atoms with Gasteiger partial charge in [-0.05, 0) is 61.9 Å². The maximum absolute atomic E-state index is 14.7. The second-order valence-corrected chi connectivity index (χ2v) is 11.4. The number of hydrogen-bond donors (Lipinski definition) is 3. The highest BCUT2D eigenvalue weighted by molar-refractivity contribution is 7.97. The Hall–Kier alpha value is -3.11. The van der Waals surface area contributed by atoms with Gasteiger partial charge in [-0.1, -0.05) is 62.4 Å². The number of piperidine rings is 1. The third-order valence-corrected chi connectivity index (χ3v) is 8.87. The van der Waals surface area contributed by atoms with Gasteiger partial charge in [0.1, 0.15) is 11.5 Å². The summed E-state index contributed by atoms with van der Waals surface area (Å²) in [4.78, 5) is 14.5. The molecule has 2 heterocycles. The number of halogens is 1. The second-order valence-electron chi connectivity index (χ2n) is 10.6. The maximum atomic E-state index is 14.7. The number of amides is 1. The molecular weight excluding hydrogens is 551 g/mol. The molecule has 0 aliphatic carbocycles. The SMILES string of the molecule is CC.COCCCCC1(CNC(=O)C2CC(NSc3ccccc3N)CN(F)C2)c2ccccc2Oc2ccccc21. The van der Waals surface area contributed by atoms with Crippen molar-refractivity contribution in [1.82, 2.24) is 15.2 Å². The van der Waals surface area contributed by atoms with Gasteiger partial charge in [0.15, 0.2) is 0 Å². The third kappa shape index (κ3) is 7.45. The van der Waals surface area contributed by atoms with E-state index >= 15 is 0 Å². The summed E-state index contributed by atoms with van der Waals surface area (Å²) in [5.74, 6) is 0.976. The van der Waals surface area contributed by atoms with Gasteiger partial charge >= 0.3 is 0 Å². The number of carbonyl (C=O) groups is 1. The van der Waals surface area contributed by atoms with Crippen LogP contribution >= 0.6 is 11.9 Å². The van der Waals surface area contributed by atoms with Crippen LogP contribution in [0.2, 0.25) is 0 Å². The molecule has 42 heavy (non-hydrogen) atoms. The number of para-hydroxylation sites is 3. The van der Waals surface area contributed by atoms with Crippen LogP contribution < -0.4 is 20.5 Å². The molecule has 1 amide bonds. The molecule has 0 aromatic heterocycles. The van der Waals surface area contributed by atoms with Crippen molar-refractivity contribution in [3.63, 3.8) is 0 Å². The van der Waals surface area contributed by atoms with Gasteiger partial charge in [0.2, 0.25) is 5.91 Å². The van der Waals surface area contributed by atoms with Crippen molar-refractivity contribution < 1.29 is 18.7 Å². The number of methoxy groups -OCH3 is 1. The van der Waals surface area contributed by atoms with Gasteiger partial charge in [-0.3, -0.25) is 9.52 Å². The highest BCUT2D eigenvalue weighted by atomic mass is 32.2. The molecule has 2 atom stereocenters. The molecule has 1 fully saturated rings. The van der Waals surface area contributed by atoms with Crippen LogP contribution in [-0.2, 0) is 14.9 Å². The van der Waals surface area contributed by atoms with Crippen molar-refractivity contribution in [1.29, 1.82) is 0 Å². The molecule has 2 unspecified atom stereocenters. The highest BCUT2D eigenvalue weighted by Crippen LogP contribution is 2.50. The summed E-state index contributed by atoms with van der Waals surface area (Å²) >= 11 is 1.38. The van der Waals surface area contributed by atoms with E-state index in [1.54, 1.807) is 7.11 Å². The standard InChI is InChI=1S/C31H37FN4O3S.C2H6/c1-38-17-9-8-16-31(24-10-2-5-13-27(24)39-28-14-6-3-11-25(28)31)21-34-30(37)22-18-23(20-36(32)19-22)35-40-29-15-7-4-12-26(29)33;1-2/h2-7,10-15,22-23,35H,8-9,16-21,33H2,1H3,(H,34,37);1-2H3. The first kappa shape index (κ1) is 31.8. The summed E-state index contributed by atoms with van der Waals surface area (Å²) in [5.41, 5.74) is 8.35. The van der Waals surface area contributed by atoms with Crippen molar-refractivity contribution in [3.8, 4) is 11.5 Å². The van der Waals surface area contributed by atoms with E-state index in [-0.39, 0.29) is 25.0 Å². The molecule has 0 spiro atoms. The van der Waals surface area contributed by atoms with E-state index in [9.17, 15) is 9.28 Å². The number of rotatable bonds is 11. The average Bonchev–Trinajstić information content (AvgIpc) is 3.02. The number of nitrogens with one attached hydrogen (secondary N) is 2. The maximum Gasteiger partial charge on any atom is 0.224 e. The van der Waals surface area contributed by atoms with Crippen molar-refractivity contribution in [2.24, 2.45) is 5.92 Å². The van der Waals surface area contributed by atoms with Gasteiger partial charge in [-0.25, -0.2) is 0 Å². The normalized spacial score (nSPS) is 19.0. The molecule has 5 rings (SSSR count). The first-order valence-electron chi connectivity index (χ1n) is 14.8. The van der Waals surface area contributed by atoms with E-state index in [0.29, 0.717) is 25.3 Å². The molecule has 1 saturated heterocycles. The van der Waals surface area contributed by atoms with Crippen molar-refractivity contribution in [2.75, 3.05) is 39.1 Å². The number of benzene rings is 3. The Morgan fingerprint density at radius 3 is 2.33 bits per heavy atom. The predicted octanol–water partition coefficient (Wildman–Crippen LogP) is 6.49. The zero-order valence-corrected chi connectivity index (χ0v) is 25.6. The first-order valence-corrected chi connectivity index (χ1v) is 15.6. The molecule has 7 nitrogen and oxygen atoms in total. The number of carbonyl (C=O) groups excluding carboxylic acids is 1. The van der Waals surface area contributed by atoms with Crippen LogP contribution in [0.15, 0.2) is 77.7 Å². The number of fused-ring (bicyclic) bond motifs is 2. The Kier molecular flexibility index (Phi) is 11.7. The monoisotopic (exact) mass is 594 g/mol. The first-order chi connectivity index (χ1) is 20.5. The fraction of sp³-hybridized carbons (Fsp3) is 0.424. The summed E-state index contributed by atoms with van der Waals surface area (Å²) in [6, 6.07) is 23.4. The van der Waals surface area contributed by atoms with E-state index in [1.807, 2.05) is 74.5 Å². The number of anilines is 1. The van der Waals surface area contributed by atoms with E-state index < -0.39 is 11.3 Å². The molecule has 2 aliphatic rings. The number of nitrogens with two attached hydrogens (primary N) is 1. The van der Waals surface area contributed by atoms with Crippen molar-refractivity contribution in [2.45, 2.75) is 55.9 Å². The Bertz CT molecular complexity index is 1260. The lowest BCUT2D eigenvalue weighted by atomic mass is 9.69. The zero-order valence-electron chi connectivity index (χ0n) is 24.8. The minimum absolute atomic E-state index is 0.0687. The van der Waals surface area contributed by atoms with Gasteiger partial charge in [0, 0.05) is 66.5 Å². The average molecular weight is 595 g/mol. The summed E-state index contributed by atoms with van der Waals surface area (Å²) in [6.07, 6.45) is 3.17. The van der Waals surface area contributed by atoms with Crippen LogP contribution in [0.25, 0.3) is 0 Å². The zero-order chi connectivity index (χ0) is 30.0. The predicted molar refractivity (Wildman–Crippen MR) is 168 cm³/mol. The molecule has 2 aliphatic heterocycles. The largest absolute Gasteiger partial charge is 0.457 e. The summed E-state index contributed by atoms with van der Waals surface area (Å²) in [5, 5.41) is 3.97. The quantitative estimate of drug-likeness (QED) is 0.101. The lowest BCUT2D eigenvalue weighted by Crippen LogP contribution is -2.51. The molecular formula is C33H43FN4O3S. The van der Waals surface area contributed by atoms with E-state index in [2.05, 4.69) is 22.2 Å². The Balaban J connectivity index is 0.00000198. The van der Waals surface area contributed by atoms with Gasteiger partial charge in [0.05, 0.1) is 5.92 Å². The van der Waals surface area contributed by atoms with E-state index in [0.717, 1.165) is 51.9 Å². The van der Waals surface area contributed by atoms with E-state index in [4.69, 9.17) is 15.2 Å². The lowest BCUT2D eigenvalue weighted by molar-refractivity contribution is -0.130. The smallest absolute Gasteiger partial charge is 0.224 e. The minimum atomic E-state index is -0.485. The number of unbranched alkanes of at least 4 members (excludes halogenated alkanes) is 1. The van der Waals surface area contributed by atoms with Crippen molar-refractivity contribution in [3.05, 3.63) is 83.9 Å². The van der Waals surface area contributed by atoms with Crippen LogP contribution in [0.1, 0.15) is 50.7 Å². The topological polar surface area (TPSA) is 88.8 Å². The van der Waals surface area contributed by atoms with Crippen LogP contribution in [-0.4, -0.2) is 50.4 Å². The fourth-order valence-electron chi connectivity index (χ4n) is 5.81. The number of nitrogen functional groups attached to an aromatic ring is 1. The Labute approximate surface area is 253 Å². The van der Waals surface area contributed by atoms with Crippen molar-refractivity contribution >= 4 is 23.5 Å². The molecule has 3 aromatic carbocycles. The summed E-state index contributed by atoms with van der Waals surface area (Å²) in [6.45, 7) is 5.36. The highest BCUT2D eigenvalue weighted by Gasteiger charge is 2.42. The second kappa shape index (κ2) is 15.4.